The first-order chi connectivity index (χ1) is 12.6. The van der Waals surface area contributed by atoms with Crippen molar-refractivity contribution in [3.8, 4) is 0 Å². The maximum absolute atomic E-state index is 13.0. The molecular formula is C19H25FN4S2. The molecule has 0 bridgehead atoms. The Morgan fingerprint density at radius 1 is 1.15 bits per heavy atom. The zero-order valence-corrected chi connectivity index (χ0v) is 16.6. The standard InChI is InChI=1S/C19H25FN4S2/c1-23-8-10-24(11-9-23)17(18-3-2-12-26-18)14-22-19(25)21-13-15-4-6-16(20)7-5-15/h2-7,12,17H,8-11,13-14H2,1H3,(H2,21,22,25)/t17-/m1/s1. The fourth-order valence-corrected chi connectivity index (χ4v) is 4.08. The largest absolute Gasteiger partial charge is 0.361 e. The summed E-state index contributed by atoms with van der Waals surface area (Å²) >= 11 is 7.22. The van der Waals surface area contributed by atoms with Crippen LogP contribution in [0.1, 0.15) is 16.5 Å². The number of thiocarbonyl (C=S) groups is 1. The Kier molecular flexibility index (Phi) is 6.96. The van der Waals surface area contributed by atoms with Gasteiger partial charge in [0.05, 0.1) is 6.04 Å². The van der Waals surface area contributed by atoms with Crippen LogP contribution in [0.5, 0.6) is 0 Å². The summed E-state index contributed by atoms with van der Waals surface area (Å²) in [5.74, 6) is -0.222. The van der Waals surface area contributed by atoms with Gasteiger partial charge in [0, 0.05) is 44.1 Å². The molecule has 1 aliphatic rings. The smallest absolute Gasteiger partial charge is 0.166 e. The van der Waals surface area contributed by atoms with Crippen LogP contribution in [0.4, 0.5) is 4.39 Å². The van der Waals surface area contributed by atoms with Gasteiger partial charge in [0.15, 0.2) is 5.11 Å². The van der Waals surface area contributed by atoms with Crippen LogP contribution < -0.4 is 10.6 Å². The van der Waals surface area contributed by atoms with E-state index in [9.17, 15) is 4.39 Å². The van der Waals surface area contributed by atoms with E-state index < -0.39 is 0 Å². The first-order valence-electron chi connectivity index (χ1n) is 8.84. The first-order valence-corrected chi connectivity index (χ1v) is 10.1. The van der Waals surface area contributed by atoms with Gasteiger partial charge in [-0.05, 0) is 48.4 Å². The Labute approximate surface area is 164 Å². The van der Waals surface area contributed by atoms with Crippen molar-refractivity contribution in [1.29, 1.82) is 0 Å². The minimum Gasteiger partial charge on any atom is -0.361 e. The molecule has 4 nitrogen and oxygen atoms in total. The highest BCUT2D eigenvalue weighted by molar-refractivity contribution is 7.80. The van der Waals surface area contributed by atoms with Gasteiger partial charge in [0.2, 0.25) is 0 Å². The average Bonchev–Trinajstić information content (AvgIpc) is 3.17. The minimum atomic E-state index is -0.222. The number of halogens is 1. The van der Waals surface area contributed by atoms with Crippen molar-refractivity contribution in [3.05, 3.63) is 58.0 Å². The van der Waals surface area contributed by atoms with Gasteiger partial charge in [-0.2, -0.15) is 0 Å². The number of hydrogen-bond donors (Lipinski definition) is 2. The Bertz CT molecular complexity index is 682. The lowest BCUT2D eigenvalue weighted by Crippen LogP contribution is -2.49. The van der Waals surface area contributed by atoms with E-state index in [-0.39, 0.29) is 5.82 Å². The van der Waals surface area contributed by atoms with Crippen molar-refractivity contribution in [1.82, 2.24) is 20.4 Å². The molecule has 0 spiro atoms. The lowest BCUT2D eigenvalue weighted by atomic mass is 10.1. The summed E-state index contributed by atoms with van der Waals surface area (Å²) in [4.78, 5) is 6.26. The van der Waals surface area contributed by atoms with Crippen molar-refractivity contribution in [2.24, 2.45) is 0 Å². The van der Waals surface area contributed by atoms with Gasteiger partial charge < -0.3 is 15.5 Å². The molecule has 0 saturated carbocycles. The highest BCUT2D eigenvalue weighted by Gasteiger charge is 2.24. The zero-order chi connectivity index (χ0) is 18.4. The van der Waals surface area contributed by atoms with E-state index in [0.29, 0.717) is 17.7 Å². The lowest BCUT2D eigenvalue weighted by molar-refractivity contribution is 0.114. The minimum absolute atomic E-state index is 0.222. The summed E-state index contributed by atoms with van der Waals surface area (Å²) in [6.45, 7) is 5.68. The lowest BCUT2D eigenvalue weighted by Gasteiger charge is -2.37. The number of nitrogens with one attached hydrogen (secondary N) is 2. The summed E-state index contributed by atoms with van der Waals surface area (Å²) < 4.78 is 13.0. The molecular weight excluding hydrogens is 367 g/mol. The van der Waals surface area contributed by atoms with Gasteiger partial charge in [0.25, 0.3) is 0 Å². The van der Waals surface area contributed by atoms with Crippen LogP contribution in [0.3, 0.4) is 0 Å². The number of thiophene rings is 1. The Balaban J connectivity index is 1.52. The van der Waals surface area contributed by atoms with Crippen molar-refractivity contribution in [2.45, 2.75) is 12.6 Å². The molecule has 0 aliphatic carbocycles. The second-order valence-electron chi connectivity index (χ2n) is 6.56. The maximum atomic E-state index is 13.0. The molecule has 0 radical (unpaired) electrons. The van der Waals surface area contributed by atoms with E-state index in [1.165, 1.54) is 17.0 Å². The predicted molar refractivity (Wildman–Crippen MR) is 110 cm³/mol. The summed E-state index contributed by atoms with van der Waals surface area (Å²) in [5.41, 5.74) is 1.00. The number of nitrogens with zero attached hydrogens (tertiary/aromatic N) is 2. The second kappa shape index (κ2) is 9.41. The maximum Gasteiger partial charge on any atom is 0.166 e. The van der Waals surface area contributed by atoms with Gasteiger partial charge in [0.1, 0.15) is 5.82 Å². The molecule has 1 aromatic carbocycles. The molecule has 0 unspecified atom stereocenters. The quantitative estimate of drug-likeness (QED) is 0.739. The monoisotopic (exact) mass is 392 g/mol. The van der Waals surface area contributed by atoms with Crippen molar-refractivity contribution >= 4 is 28.7 Å². The van der Waals surface area contributed by atoms with Gasteiger partial charge in [-0.3, -0.25) is 4.90 Å². The van der Waals surface area contributed by atoms with Crippen LogP contribution in [-0.2, 0) is 6.54 Å². The molecule has 1 aromatic heterocycles. The van der Waals surface area contributed by atoms with E-state index >= 15 is 0 Å². The normalized spacial score (nSPS) is 17.0. The molecule has 1 aliphatic heterocycles. The zero-order valence-electron chi connectivity index (χ0n) is 15.0. The van der Waals surface area contributed by atoms with Gasteiger partial charge >= 0.3 is 0 Å². The fourth-order valence-electron chi connectivity index (χ4n) is 3.06. The van der Waals surface area contributed by atoms with Crippen LogP contribution in [0.2, 0.25) is 0 Å². The third-order valence-electron chi connectivity index (χ3n) is 4.67. The Hall–Kier alpha value is -1.54. The summed E-state index contributed by atoms with van der Waals surface area (Å²) in [6, 6.07) is 11.1. The summed E-state index contributed by atoms with van der Waals surface area (Å²) in [7, 11) is 2.17. The topological polar surface area (TPSA) is 30.5 Å². The molecule has 2 heterocycles. The average molecular weight is 393 g/mol. The third kappa shape index (κ3) is 5.48. The van der Waals surface area contributed by atoms with E-state index in [2.05, 4.69) is 45.0 Å². The van der Waals surface area contributed by atoms with Gasteiger partial charge in [-0.15, -0.1) is 11.3 Å². The molecule has 7 heteroatoms. The van der Waals surface area contributed by atoms with Crippen molar-refractivity contribution in [2.75, 3.05) is 39.8 Å². The van der Waals surface area contributed by atoms with E-state index in [1.807, 2.05) is 0 Å². The first kappa shape index (κ1) is 19.2. The highest BCUT2D eigenvalue weighted by Crippen LogP contribution is 2.25. The van der Waals surface area contributed by atoms with Crippen LogP contribution in [-0.4, -0.2) is 54.7 Å². The van der Waals surface area contributed by atoms with E-state index in [1.54, 1.807) is 23.5 Å². The summed E-state index contributed by atoms with van der Waals surface area (Å²) in [5, 5.41) is 9.32. The van der Waals surface area contributed by atoms with E-state index in [0.717, 1.165) is 38.3 Å². The number of piperazine rings is 1. The number of likely N-dealkylation sites (N-methyl/N-ethyl adjacent to an activating group) is 1. The molecule has 2 N–H and O–H groups in total. The molecule has 140 valence electrons. The Morgan fingerprint density at radius 2 is 1.88 bits per heavy atom. The second-order valence-corrected chi connectivity index (χ2v) is 7.95. The van der Waals surface area contributed by atoms with Crippen LogP contribution >= 0.6 is 23.6 Å². The predicted octanol–water partition coefficient (Wildman–Crippen LogP) is 2.84. The van der Waals surface area contributed by atoms with Gasteiger partial charge in [-0.1, -0.05) is 18.2 Å². The van der Waals surface area contributed by atoms with Crippen LogP contribution in [0.25, 0.3) is 0 Å². The molecule has 2 aromatic rings. The summed E-state index contributed by atoms with van der Waals surface area (Å²) in [6.07, 6.45) is 0. The Morgan fingerprint density at radius 3 is 2.54 bits per heavy atom. The van der Waals surface area contributed by atoms with Crippen molar-refractivity contribution in [3.63, 3.8) is 0 Å². The fraction of sp³-hybridized carbons (Fsp3) is 0.421. The van der Waals surface area contributed by atoms with Crippen LogP contribution in [0.15, 0.2) is 41.8 Å². The SMILES string of the molecule is CN1CCN([C@H](CNC(=S)NCc2ccc(F)cc2)c2cccs2)CC1. The van der Waals surface area contributed by atoms with E-state index in [4.69, 9.17) is 12.2 Å². The number of hydrogen-bond acceptors (Lipinski definition) is 4. The molecule has 0 amide bonds. The number of benzene rings is 1. The molecule has 1 fully saturated rings. The highest BCUT2D eigenvalue weighted by atomic mass is 32.1. The number of rotatable bonds is 6. The molecule has 3 rings (SSSR count). The van der Waals surface area contributed by atoms with Crippen molar-refractivity contribution < 1.29 is 4.39 Å². The third-order valence-corrected chi connectivity index (χ3v) is 5.93. The van der Waals surface area contributed by atoms with Gasteiger partial charge in [-0.25, -0.2) is 4.39 Å². The molecule has 26 heavy (non-hydrogen) atoms. The molecule has 1 atom stereocenters. The molecule has 1 saturated heterocycles. The van der Waals surface area contributed by atoms with Crippen LogP contribution in [0, 0.1) is 5.82 Å².